The van der Waals surface area contributed by atoms with Gasteiger partial charge in [-0.1, -0.05) is 0 Å². The molecular formula is C17H26ClN3O4. The second-order valence-corrected chi connectivity index (χ2v) is 6.55. The van der Waals surface area contributed by atoms with Crippen LogP contribution in [0, 0.1) is 5.92 Å². The molecule has 0 bridgehead atoms. The van der Waals surface area contributed by atoms with E-state index in [4.69, 9.17) is 15.2 Å². The second kappa shape index (κ2) is 8.40. The number of amides is 2. The van der Waals surface area contributed by atoms with Gasteiger partial charge in [0.15, 0.2) is 0 Å². The molecule has 1 atom stereocenters. The van der Waals surface area contributed by atoms with Crippen molar-refractivity contribution in [2.75, 3.05) is 32.2 Å². The maximum Gasteiger partial charge on any atom is 0.227 e. The highest BCUT2D eigenvalue weighted by molar-refractivity contribution is 6.00. The molecule has 0 saturated carbocycles. The van der Waals surface area contributed by atoms with Crippen molar-refractivity contribution in [2.24, 2.45) is 11.7 Å². The third-order valence-corrected chi connectivity index (χ3v) is 4.12. The number of ether oxygens (including phenoxy) is 2. The second-order valence-electron chi connectivity index (χ2n) is 6.55. The van der Waals surface area contributed by atoms with Crippen molar-refractivity contribution in [3.05, 3.63) is 18.2 Å². The Kier molecular flexibility index (Phi) is 7.07. The molecule has 1 saturated heterocycles. The molecule has 2 amide bonds. The van der Waals surface area contributed by atoms with Gasteiger partial charge in [-0.3, -0.25) is 9.59 Å². The van der Waals surface area contributed by atoms with E-state index in [1.807, 2.05) is 13.8 Å². The molecule has 1 fully saturated rings. The fraction of sp³-hybridized carbons (Fsp3) is 0.529. The van der Waals surface area contributed by atoms with Gasteiger partial charge in [0, 0.05) is 43.2 Å². The fourth-order valence-electron chi connectivity index (χ4n) is 2.57. The van der Waals surface area contributed by atoms with E-state index < -0.39 is 11.5 Å². The van der Waals surface area contributed by atoms with Crippen molar-refractivity contribution in [3.8, 4) is 11.5 Å². The number of nitrogens with zero attached hydrogens (tertiary/aromatic N) is 1. The molecule has 25 heavy (non-hydrogen) atoms. The summed E-state index contributed by atoms with van der Waals surface area (Å²) in [6, 6.07) is 5.24. The standard InChI is InChI=1S/C17H25N3O4.ClH/c1-17(2,10-18)19-16(22)11-5-15(21)20(9-11)12-6-13(23-3)8-14(7-12)24-4;/h6-8,11H,5,9-10,18H2,1-4H3,(H,19,22);1H. The first-order chi connectivity index (χ1) is 11.3. The molecule has 1 aromatic carbocycles. The molecular weight excluding hydrogens is 346 g/mol. The third-order valence-electron chi connectivity index (χ3n) is 4.12. The summed E-state index contributed by atoms with van der Waals surface area (Å²) in [6.45, 7) is 4.36. The summed E-state index contributed by atoms with van der Waals surface area (Å²) >= 11 is 0. The molecule has 7 nitrogen and oxygen atoms in total. The molecule has 140 valence electrons. The van der Waals surface area contributed by atoms with Gasteiger partial charge in [0.05, 0.1) is 25.8 Å². The van der Waals surface area contributed by atoms with E-state index in [1.165, 1.54) is 0 Å². The zero-order valence-electron chi connectivity index (χ0n) is 15.0. The monoisotopic (exact) mass is 371 g/mol. The molecule has 2 rings (SSSR count). The topological polar surface area (TPSA) is 93.9 Å². The van der Waals surface area contributed by atoms with Gasteiger partial charge in [0.1, 0.15) is 11.5 Å². The van der Waals surface area contributed by atoms with Crippen LogP contribution in [0.4, 0.5) is 5.69 Å². The van der Waals surface area contributed by atoms with Crippen LogP contribution in [0.15, 0.2) is 18.2 Å². The molecule has 0 radical (unpaired) electrons. The van der Waals surface area contributed by atoms with Crippen LogP contribution in [-0.2, 0) is 9.59 Å². The van der Waals surface area contributed by atoms with Crippen molar-refractivity contribution in [1.82, 2.24) is 5.32 Å². The highest BCUT2D eigenvalue weighted by Crippen LogP contribution is 2.32. The summed E-state index contributed by atoms with van der Waals surface area (Å²) in [5.41, 5.74) is 5.81. The van der Waals surface area contributed by atoms with E-state index in [1.54, 1.807) is 37.3 Å². The first-order valence-electron chi connectivity index (χ1n) is 7.85. The average molecular weight is 372 g/mol. The van der Waals surface area contributed by atoms with Gasteiger partial charge in [-0.2, -0.15) is 0 Å². The lowest BCUT2D eigenvalue weighted by Crippen LogP contribution is -2.51. The molecule has 3 N–H and O–H groups in total. The Morgan fingerprint density at radius 2 is 1.84 bits per heavy atom. The van der Waals surface area contributed by atoms with Crippen LogP contribution in [0.3, 0.4) is 0 Å². The Hall–Kier alpha value is -1.99. The summed E-state index contributed by atoms with van der Waals surface area (Å²) in [7, 11) is 3.10. The Balaban J connectivity index is 0.00000312. The number of methoxy groups -OCH3 is 2. The third kappa shape index (κ3) is 4.99. The van der Waals surface area contributed by atoms with Gasteiger partial charge in [0.2, 0.25) is 11.8 Å². The fourth-order valence-corrected chi connectivity index (χ4v) is 2.57. The predicted molar refractivity (Wildman–Crippen MR) is 98.5 cm³/mol. The first kappa shape index (κ1) is 21.1. The smallest absolute Gasteiger partial charge is 0.227 e. The summed E-state index contributed by atoms with van der Waals surface area (Å²) in [6.07, 6.45) is 0.173. The number of nitrogens with one attached hydrogen (secondary N) is 1. The van der Waals surface area contributed by atoms with E-state index >= 15 is 0 Å². The van der Waals surface area contributed by atoms with Gasteiger partial charge in [0.25, 0.3) is 0 Å². The minimum atomic E-state index is -0.493. The highest BCUT2D eigenvalue weighted by atomic mass is 35.5. The minimum Gasteiger partial charge on any atom is -0.497 e. The molecule has 1 aromatic rings. The number of halogens is 1. The van der Waals surface area contributed by atoms with Crippen molar-refractivity contribution in [2.45, 2.75) is 25.8 Å². The van der Waals surface area contributed by atoms with Crippen LogP contribution in [0.2, 0.25) is 0 Å². The Labute approximate surface area is 154 Å². The van der Waals surface area contributed by atoms with Crippen molar-refractivity contribution in [3.63, 3.8) is 0 Å². The normalized spacial score (nSPS) is 17.1. The van der Waals surface area contributed by atoms with E-state index in [9.17, 15) is 9.59 Å². The number of nitrogens with two attached hydrogens (primary N) is 1. The molecule has 0 spiro atoms. The minimum absolute atomic E-state index is 0. The van der Waals surface area contributed by atoms with E-state index in [0.717, 1.165) is 0 Å². The van der Waals surface area contributed by atoms with Gasteiger partial charge >= 0.3 is 0 Å². The summed E-state index contributed by atoms with van der Waals surface area (Å²) in [5.74, 6) is 0.524. The Morgan fingerprint density at radius 1 is 1.28 bits per heavy atom. The molecule has 1 aliphatic rings. The Morgan fingerprint density at radius 3 is 2.32 bits per heavy atom. The lowest BCUT2D eigenvalue weighted by molar-refractivity contribution is -0.127. The number of carbonyl (C=O) groups excluding carboxylic acids is 2. The quantitative estimate of drug-likeness (QED) is 0.786. The lowest BCUT2D eigenvalue weighted by Gasteiger charge is -2.26. The van der Waals surface area contributed by atoms with Crippen LogP contribution in [-0.4, -0.2) is 44.7 Å². The number of hydrogen-bond donors (Lipinski definition) is 2. The largest absolute Gasteiger partial charge is 0.497 e. The zero-order valence-corrected chi connectivity index (χ0v) is 15.8. The van der Waals surface area contributed by atoms with Crippen molar-refractivity contribution in [1.29, 1.82) is 0 Å². The highest BCUT2D eigenvalue weighted by Gasteiger charge is 2.37. The molecule has 0 aromatic heterocycles. The van der Waals surface area contributed by atoms with Crippen LogP contribution in [0.1, 0.15) is 20.3 Å². The average Bonchev–Trinajstić information content (AvgIpc) is 2.96. The Bertz CT molecular complexity index is 614. The van der Waals surface area contributed by atoms with E-state index in [0.29, 0.717) is 30.3 Å². The maximum atomic E-state index is 12.4. The number of carbonyl (C=O) groups is 2. The molecule has 1 aliphatic heterocycles. The number of benzene rings is 1. The van der Waals surface area contributed by atoms with E-state index in [2.05, 4.69) is 5.32 Å². The predicted octanol–water partition coefficient (Wildman–Crippen LogP) is 1.33. The molecule has 0 aliphatic carbocycles. The van der Waals surface area contributed by atoms with Crippen molar-refractivity contribution < 1.29 is 19.1 Å². The molecule has 8 heteroatoms. The number of anilines is 1. The van der Waals surface area contributed by atoms with Crippen LogP contribution < -0.4 is 25.4 Å². The molecule has 1 unspecified atom stereocenters. The zero-order chi connectivity index (χ0) is 17.9. The number of hydrogen-bond acceptors (Lipinski definition) is 5. The van der Waals surface area contributed by atoms with Crippen LogP contribution in [0.5, 0.6) is 11.5 Å². The number of rotatable bonds is 6. The summed E-state index contributed by atoms with van der Waals surface area (Å²) in [4.78, 5) is 26.3. The first-order valence-corrected chi connectivity index (χ1v) is 7.85. The van der Waals surface area contributed by atoms with Gasteiger partial charge < -0.3 is 25.4 Å². The van der Waals surface area contributed by atoms with Crippen LogP contribution >= 0.6 is 12.4 Å². The SMILES string of the molecule is COc1cc(OC)cc(N2CC(C(=O)NC(C)(C)CN)CC2=O)c1.Cl. The van der Waals surface area contributed by atoms with Crippen molar-refractivity contribution >= 4 is 29.9 Å². The molecule has 1 heterocycles. The lowest BCUT2D eigenvalue weighted by atomic mass is 10.0. The summed E-state index contributed by atoms with van der Waals surface area (Å²) < 4.78 is 10.5. The van der Waals surface area contributed by atoms with Gasteiger partial charge in [-0.05, 0) is 13.8 Å². The van der Waals surface area contributed by atoms with E-state index in [-0.39, 0.29) is 30.6 Å². The van der Waals surface area contributed by atoms with Gasteiger partial charge in [-0.15, -0.1) is 12.4 Å². The summed E-state index contributed by atoms with van der Waals surface area (Å²) in [5, 5.41) is 2.89. The maximum absolute atomic E-state index is 12.4. The van der Waals surface area contributed by atoms with Gasteiger partial charge in [-0.25, -0.2) is 0 Å². The van der Waals surface area contributed by atoms with Crippen LogP contribution in [0.25, 0.3) is 0 Å².